The van der Waals surface area contributed by atoms with Gasteiger partial charge >= 0.3 is 0 Å². The lowest BCUT2D eigenvalue weighted by Gasteiger charge is -2.07. The highest BCUT2D eigenvalue weighted by Crippen LogP contribution is 2.28. The SMILES string of the molecule is O=C(NCCNCc1ccc(F)c(Cl)c1)C1CC1. The van der Waals surface area contributed by atoms with Crippen LogP contribution in [0.4, 0.5) is 4.39 Å². The summed E-state index contributed by atoms with van der Waals surface area (Å²) in [7, 11) is 0. The highest BCUT2D eigenvalue weighted by Gasteiger charge is 2.28. The van der Waals surface area contributed by atoms with Crippen molar-refractivity contribution in [2.24, 2.45) is 5.92 Å². The molecule has 0 aromatic heterocycles. The third kappa shape index (κ3) is 3.96. The lowest BCUT2D eigenvalue weighted by molar-refractivity contribution is -0.122. The van der Waals surface area contributed by atoms with Crippen molar-refractivity contribution in [3.63, 3.8) is 0 Å². The van der Waals surface area contributed by atoms with Crippen molar-refractivity contribution >= 4 is 17.5 Å². The molecule has 5 heteroatoms. The summed E-state index contributed by atoms with van der Waals surface area (Å²) < 4.78 is 12.9. The standard InChI is InChI=1S/C13H16ClFN2O/c14-11-7-9(1-4-12(11)15)8-16-5-6-17-13(18)10-2-3-10/h1,4,7,10,16H,2-3,5-6,8H2,(H,17,18). The number of benzene rings is 1. The third-order valence-electron chi connectivity index (χ3n) is 2.86. The van der Waals surface area contributed by atoms with Crippen LogP contribution in [-0.4, -0.2) is 19.0 Å². The Bertz CT molecular complexity index is 435. The zero-order chi connectivity index (χ0) is 13.0. The van der Waals surface area contributed by atoms with E-state index in [4.69, 9.17) is 11.6 Å². The molecular weight excluding hydrogens is 255 g/mol. The molecule has 0 radical (unpaired) electrons. The van der Waals surface area contributed by atoms with E-state index < -0.39 is 5.82 Å². The van der Waals surface area contributed by atoms with E-state index >= 15 is 0 Å². The van der Waals surface area contributed by atoms with Gasteiger partial charge < -0.3 is 10.6 Å². The Labute approximate surface area is 111 Å². The smallest absolute Gasteiger partial charge is 0.223 e. The molecule has 0 heterocycles. The number of rotatable bonds is 6. The van der Waals surface area contributed by atoms with Crippen LogP contribution in [0.5, 0.6) is 0 Å². The van der Waals surface area contributed by atoms with Crippen molar-refractivity contribution in [3.8, 4) is 0 Å². The first-order chi connectivity index (χ1) is 8.66. The zero-order valence-electron chi connectivity index (χ0n) is 10.0. The predicted octanol–water partition coefficient (Wildman–Crippen LogP) is 2.09. The maximum atomic E-state index is 12.9. The first kappa shape index (κ1) is 13.3. The Hall–Kier alpha value is -1.13. The molecule has 98 valence electrons. The number of nitrogens with one attached hydrogen (secondary N) is 2. The first-order valence-electron chi connectivity index (χ1n) is 6.09. The van der Waals surface area contributed by atoms with Crippen molar-refractivity contribution < 1.29 is 9.18 Å². The van der Waals surface area contributed by atoms with Gasteiger partial charge in [-0.1, -0.05) is 17.7 Å². The van der Waals surface area contributed by atoms with Gasteiger partial charge in [-0.3, -0.25) is 4.79 Å². The average molecular weight is 271 g/mol. The normalized spacial score (nSPS) is 14.6. The van der Waals surface area contributed by atoms with Crippen LogP contribution in [0.3, 0.4) is 0 Å². The predicted molar refractivity (Wildman–Crippen MR) is 68.9 cm³/mol. The number of halogens is 2. The van der Waals surface area contributed by atoms with Crippen LogP contribution < -0.4 is 10.6 Å². The molecule has 1 amide bonds. The molecule has 1 fully saturated rings. The van der Waals surface area contributed by atoms with E-state index in [-0.39, 0.29) is 16.8 Å². The molecule has 2 N–H and O–H groups in total. The van der Waals surface area contributed by atoms with Crippen LogP contribution in [0.2, 0.25) is 5.02 Å². The average Bonchev–Trinajstić information content (AvgIpc) is 3.17. The molecule has 0 bridgehead atoms. The Morgan fingerprint density at radius 1 is 1.39 bits per heavy atom. The molecule has 0 atom stereocenters. The number of hydrogen-bond acceptors (Lipinski definition) is 2. The van der Waals surface area contributed by atoms with Crippen molar-refractivity contribution in [3.05, 3.63) is 34.6 Å². The summed E-state index contributed by atoms with van der Waals surface area (Å²) in [5.41, 5.74) is 0.926. The molecule has 18 heavy (non-hydrogen) atoms. The van der Waals surface area contributed by atoms with E-state index in [1.54, 1.807) is 12.1 Å². The zero-order valence-corrected chi connectivity index (χ0v) is 10.8. The van der Waals surface area contributed by atoms with Gasteiger partial charge in [-0.15, -0.1) is 0 Å². The first-order valence-corrected chi connectivity index (χ1v) is 6.47. The van der Waals surface area contributed by atoms with Gasteiger partial charge in [0.2, 0.25) is 5.91 Å². The van der Waals surface area contributed by atoms with Crippen LogP contribution in [0, 0.1) is 11.7 Å². The van der Waals surface area contributed by atoms with E-state index in [0.29, 0.717) is 19.6 Å². The van der Waals surface area contributed by atoms with Crippen LogP contribution >= 0.6 is 11.6 Å². The monoisotopic (exact) mass is 270 g/mol. The highest BCUT2D eigenvalue weighted by atomic mass is 35.5. The molecule has 3 nitrogen and oxygen atoms in total. The van der Waals surface area contributed by atoms with Gasteiger partial charge in [-0.2, -0.15) is 0 Å². The fraction of sp³-hybridized carbons (Fsp3) is 0.462. The van der Waals surface area contributed by atoms with Crippen molar-refractivity contribution in [2.45, 2.75) is 19.4 Å². The summed E-state index contributed by atoms with van der Waals surface area (Å²) in [6, 6.07) is 4.65. The van der Waals surface area contributed by atoms with E-state index in [9.17, 15) is 9.18 Å². The van der Waals surface area contributed by atoms with Crippen molar-refractivity contribution in [2.75, 3.05) is 13.1 Å². The van der Waals surface area contributed by atoms with E-state index in [1.165, 1.54) is 6.07 Å². The van der Waals surface area contributed by atoms with Gasteiger partial charge in [0.25, 0.3) is 0 Å². The lowest BCUT2D eigenvalue weighted by atomic mass is 10.2. The van der Waals surface area contributed by atoms with E-state index in [0.717, 1.165) is 18.4 Å². The molecule has 1 aliphatic rings. The maximum Gasteiger partial charge on any atom is 0.223 e. The molecule has 0 spiro atoms. The van der Waals surface area contributed by atoms with Gasteiger partial charge in [0.1, 0.15) is 5.82 Å². The summed E-state index contributed by atoms with van der Waals surface area (Å²) in [4.78, 5) is 11.3. The van der Waals surface area contributed by atoms with E-state index in [1.807, 2.05) is 0 Å². The van der Waals surface area contributed by atoms with E-state index in [2.05, 4.69) is 10.6 Å². The van der Waals surface area contributed by atoms with Gasteiger partial charge in [0.05, 0.1) is 5.02 Å². The van der Waals surface area contributed by atoms with Crippen LogP contribution in [0.15, 0.2) is 18.2 Å². The topological polar surface area (TPSA) is 41.1 Å². The van der Waals surface area contributed by atoms with Gasteiger partial charge in [-0.25, -0.2) is 4.39 Å². The Balaban J connectivity index is 1.62. The molecule has 0 aliphatic heterocycles. The minimum atomic E-state index is -0.405. The Morgan fingerprint density at radius 3 is 2.83 bits per heavy atom. The summed E-state index contributed by atoms with van der Waals surface area (Å²) in [5, 5.41) is 6.17. The molecule has 1 aromatic carbocycles. The molecule has 1 aromatic rings. The molecule has 0 saturated heterocycles. The minimum Gasteiger partial charge on any atom is -0.355 e. The number of amides is 1. The molecular formula is C13H16ClFN2O. The number of carbonyl (C=O) groups excluding carboxylic acids is 1. The van der Waals surface area contributed by atoms with Gasteiger partial charge in [0.15, 0.2) is 0 Å². The summed E-state index contributed by atoms with van der Waals surface area (Å²) in [6.07, 6.45) is 2.04. The number of carbonyl (C=O) groups is 1. The largest absolute Gasteiger partial charge is 0.355 e. The fourth-order valence-electron chi connectivity index (χ4n) is 1.65. The van der Waals surface area contributed by atoms with Crippen LogP contribution in [-0.2, 0) is 11.3 Å². The Morgan fingerprint density at radius 2 is 2.17 bits per heavy atom. The molecule has 1 aliphatic carbocycles. The lowest BCUT2D eigenvalue weighted by Crippen LogP contribution is -2.32. The molecule has 1 saturated carbocycles. The molecule has 0 unspecified atom stereocenters. The van der Waals surface area contributed by atoms with Gasteiger partial charge in [-0.05, 0) is 30.5 Å². The Kier molecular flexibility index (Phi) is 4.55. The van der Waals surface area contributed by atoms with Crippen molar-refractivity contribution in [1.82, 2.24) is 10.6 Å². The van der Waals surface area contributed by atoms with Crippen LogP contribution in [0.25, 0.3) is 0 Å². The summed E-state index contributed by atoms with van der Waals surface area (Å²) >= 11 is 5.68. The second kappa shape index (κ2) is 6.16. The fourth-order valence-corrected chi connectivity index (χ4v) is 1.85. The maximum absolute atomic E-state index is 12.9. The quantitative estimate of drug-likeness (QED) is 0.778. The third-order valence-corrected chi connectivity index (χ3v) is 3.15. The second-order valence-electron chi connectivity index (χ2n) is 4.49. The highest BCUT2D eigenvalue weighted by molar-refractivity contribution is 6.30. The summed E-state index contributed by atoms with van der Waals surface area (Å²) in [6.45, 7) is 1.91. The minimum absolute atomic E-state index is 0.135. The second-order valence-corrected chi connectivity index (χ2v) is 4.90. The van der Waals surface area contributed by atoms with Crippen LogP contribution in [0.1, 0.15) is 18.4 Å². The summed E-state index contributed by atoms with van der Waals surface area (Å²) in [5.74, 6) is -0.000329. The van der Waals surface area contributed by atoms with Gasteiger partial charge in [0, 0.05) is 25.6 Å². The number of hydrogen-bond donors (Lipinski definition) is 2. The van der Waals surface area contributed by atoms with Crippen molar-refractivity contribution in [1.29, 1.82) is 0 Å². The molecule has 2 rings (SSSR count).